The molecule has 3 aromatic carbocycles. The van der Waals surface area contributed by atoms with E-state index in [9.17, 15) is 28.8 Å². The Kier molecular flexibility index (Phi) is 12.0. The van der Waals surface area contributed by atoms with Crippen LogP contribution >= 0.6 is 11.3 Å². The summed E-state index contributed by atoms with van der Waals surface area (Å²) in [4.78, 5) is 86.6. The molecule has 7 rings (SSSR count). The first kappa shape index (κ1) is 41.5. The smallest absolute Gasteiger partial charge is 0.332 e. The minimum atomic E-state index is -0.600. The molecule has 3 N–H and O–H groups in total. The van der Waals surface area contributed by atoms with Crippen LogP contribution in [-0.4, -0.2) is 60.3 Å². The molecule has 0 aliphatic heterocycles. The van der Waals surface area contributed by atoms with Crippen LogP contribution < -0.4 is 52.8 Å². The highest BCUT2D eigenvalue weighted by Crippen LogP contribution is 2.30. The van der Waals surface area contributed by atoms with Crippen molar-refractivity contribution < 1.29 is 19.1 Å². The Bertz CT molecular complexity index is 3000. The molecule has 0 unspecified atom stereocenters. The lowest BCUT2D eigenvalue weighted by molar-refractivity contribution is -0.119. The van der Waals surface area contributed by atoms with E-state index in [1.165, 1.54) is 52.5 Å². The maximum Gasteiger partial charge on any atom is 0.332 e. The lowest BCUT2D eigenvalue weighted by Gasteiger charge is -2.23. The number of thiophene rings is 1. The summed E-state index contributed by atoms with van der Waals surface area (Å²) >= 11 is 1.52. The number of nitrogens with one attached hydrogen (secondary N) is 3. The molecule has 19 heteroatoms. The average Bonchev–Trinajstić information content (AvgIpc) is 3.95. The van der Waals surface area contributed by atoms with Crippen molar-refractivity contribution in [2.75, 3.05) is 41.6 Å². The van der Waals surface area contributed by atoms with Gasteiger partial charge in [0.1, 0.15) is 29.5 Å². The summed E-state index contributed by atoms with van der Waals surface area (Å²) in [6.45, 7) is -0.206. The Morgan fingerprint density at radius 3 is 2.31 bits per heavy atom. The van der Waals surface area contributed by atoms with Gasteiger partial charge >= 0.3 is 11.4 Å². The first-order valence-corrected chi connectivity index (χ1v) is 19.7. The van der Waals surface area contributed by atoms with Gasteiger partial charge in [-0.2, -0.15) is 0 Å². The number of nitrogens with zero attached hydrogens (tertiary/aromatic N) is 7. The molecule has 18 nitrogen and oxygen atoms in total. The van der Waals surface area contributed by atoms with Crippen molar-refractivity contribution in [2.24, 2.45) is 21.1 Å². The van der Waals surface area contributed by atoms with Crippen LogP contribution in [0.1, 0.15) is 10.4 Å². The highest BCUT2D eigenvalue weighted by atomic mass is 32.1. The Labute approximate surface area is 351 Å². The van der Waals surface area contributed by atoms with Crippen molar-refractivity contribution in [3.8, 4) is 17.2 Å². The molecule has 0 atom stereocenters. The molecular formula is C42H42N10O8S. The number of hydrogen-bond acceptors (Lipinski definition) is 12. The van der Waals surface area contributed by atoms with Crippen LogP contribution in [0.5, 0.6) is 17.2 Å². The number of rotatable bonds is 15. The van der Waals surface area contributed by atoms with Gasteiger partial charge in [0.25, 0.3) is 11.1 Å². The van der Waals surface area contributed by atoms with Gasteiger partial charge < -0.3 is 34.9 Å². The summed E-state index contributed by atoms with van der Waals surface area (Å²) < 4.78 is 17.5. The molecular weight excluding hydrogens is 805 g/mol. The monoisotopic (exact) mass is 846 g/mol. The third-order valence-corrected chi connectivity index (χ3v) is 10.8. The van der Waals surface area contributed by atoms with Gasteiger partial charge in [-0.15, -0.1) is 11.3 Å². The molecule has 7 aromatic rings. The topological polar surface area (TPSA) is 198 Å². The molecule has 2 amide bonds. The fraction of sp³-hybridized carbons (Fsp3) is 0.214. The number of carbonyl (C=O) groups excluding carboxylic acids is 2. The predicted octanol–water partition coefficient (Wildman–Crippen LogP) is 3.53. The molecule has 0 bridgehead atoms. The minimum absolute atomic E-state index is 0.00513. The Balaban J connectivity index is 1.10. The van der Waals surface area contributed by atoms with Gasteiger partial charge in [-0.25, -0.2) is 14.6 Å². The van der Waals surface area contributed by atoms with Gasteiger partial charge in [0.05, 0.1) is 38.8 Å². The van der Waals surface area contributed by atoms with Crippen LogP contribution in [-0.2, 0) is 50.4 Å². The summed E-state index contributed by atoms with van der Waals surface area (Å²) in [7, 11) is 7.36. The number of aromatic nitrogens is 6. The van der Waals surface area contributed by atoms with Crippen molar-refractivity contribution in [1.82, 2.24) is 27.8 Å². The second kappa shape index (κ2) is 17.7. The SMILES string of the molecule is CNc1c(NCC(=O)Nc2ccccc2Oc2cccc(Cn3c(=O)n(C)c(=O)c4c3ncn4CC(=O)N(Cc3cccs3)c3ccc(OC)cc3)c2)c(=O)n(C)c(=O)n1C. The number of para-hydroxylation sites is 2. The van der Waals surface area contributed by atoms with Gasteiger partial charge in [-0.1, -0.05) is 30.3 Å². The summed E-state index contributed by atoms with van der Waals surface area (Å²) in [6, 6.07) is 24.7. The summed E-state index contributed by atoms with van der Waals surface area (Å²) in [5.41, 5.74) is -0.425. The van der Waals surface area contributed by atoms with Crippen LogP contribution in [0.4, 0.5) is 22.9 Å². The van der Waals surface area contributed by atoms with Crippen molar-refractivity contribution in [3.05, 3.63) is 149 Å². The number of carbonyl (C=O) groups is 2. The quantitative estimate of drug-likeness (QED) is 0.137. The van der Waals surface area contributed by atoms with Crippen LogP contribution in [0.2, 0.25) is 0 Å². The second-order valence-corrected chi connectivity index (χ2v) is 14.9. The van der Waals surface area contributed by atoms with Gasteiger partial charge in [0, 0.05) is 38.8 Å². The summed E-state index contributed by atoms with van der Waals surface area (Å²) in [5, 5.41) is 10.4. The van der Waals surface area contributed by atoms with Gasteiger partial charge in [-0.05, 0) is 65.5 Å². The number of methoxy groups -OCH3 is 1. The standard InChI is InChI=1S/C42H42N10O8S/c1-43-37-35(39(55)48(3)41(57)47(37)2)44-21-33(53)46-31-13-6-7-14-32(31)60-29-11-8-10-26(20-29)22-52-38-36(40(56)49(4)42(52)58)50(25-45-38)24-34(54)51(23-30-12-9-19-61-30)27-15-17-28(59-5)18-16-27/h6-20,25,43-44H,21-24H2,1-5H3,(H,46,53). The van der Waals surface area contributed by atoms with Gasteiger partial charge in [0.2, 0.25) is 11.8 Å². The van der Waals surface area contributed by atoms with Crippen LogP contribution in [0.15, 0.2) is 116 Å². The van der Waals surface area contributed by atoms with Crippen molar-refractivity contribution in [1.29, 1.82) is 0 Å². The molecule has 0 saturated carbocycles. The molecule has 0 radical (unpaired) electrons. The van der Waals surface area contributed by atoms with Crippen molar-refractivity contribution in [3.63, 3.8) is 0 Å². The van der Waals surface area contributed by atoms with E-state index in [1.54, 1.807) is 91.9 Å². The maximum atomic E-state index is 14.0. The maximum absolute atomic E-state index is 14.0. The van der Waals surface area contributed by atoms with E-state index in [-0.39, 0.29) is 48.2 Å². The van der Waals surface area contributed by atoms with Crippen molar-refractivity contribution >= 4 is 57.2 Å². The highest BCUT2D eigenvalue weighted by molar-refractivity contribution is 7.09. The fourth-order valence-corrected chi connectivity index (χ4v) is 7.47. The molecule has 0 saturated heterocycles. The van der Waals surface area contributed by atoms with Crippen LogP contribution in [0.25, 0.3) is 11.2 Å². The molecule has 4 heterocycles. The highest BCUT2D eigenvalue weighted by Gasteiger charge is 2.23. The zero-order valence-corrected chi connectivity index (χ0v) is 34.7. The van der Waals surface area contributed by atoms with E-state index in [1.807, 2.05) is 17.5 Å². The molecule has 0 aliphatic carbocycles. The number of ether oxygens (including phenoxy) is 2. The lowest BCUT2D eigenvalue weighted by atomic mass is 10.2. The third kappa shape index (κ3) is 8.58. The molecule has 61 heavy (non-hydrogen) atoms. The number of amides is 2. The zero-order chi connectivity index (χ0) is 43.4. The Morgan fingerprint density at radius 1 is 0.836 bits per heavy atom. The molecule has 314 valence electrons. The number of imidazole rings is 1. The first-order valence-electron chi connectivity index (χ1n) is 18.9. The second-order valence-electron chi connectivity index (χ2n) is 13.9. The normalized spacial score (nSPS) is 11.0. The molecule has 0 fully saturated rings. The summed E-state index contributed by atoms with van der Waals surface area (Å²) in [6.07, 6.45) is 1.39. The van der Waals surface area contributed by atoms with E-state index in [2.05, 4.69) is 20.9 Å². The van der Waals surface area contributed by atoms with Gasteiger partial charge in [-0.3, -0.25) is 37.4 Å². The number of hydrogen-bond donors (Lipinski definition) is 3. The average molecular weight is 847 g/mol. The van der Waals surface area contributed by atoms with Gasteiger partial charge in [0.15, 0.2) is 16.9 Å². The van der Waals surface area contributed by atoms with E-state index >= 15 is 0 Å². The van der Waals surface area contributed by atoms with Crippen LogP contribution in [0, 0.1) is 0 Å². The van der Waals surface area contributed by atoms with E-state index in [0.29, 0.717) is 40.7 Å². The van der Waals surface area contributed by atoms with Crippen LogP contribution in [0.3, 0.4) is 0 Å². The fourth-order valence-electron chi connectivity index (χ4n) is 6.78. The lowest BCUT2D eigenvalue weighted by Crippen LogP contribution is -2.40. The number of anilines is 4. The molecule has 0 aliphatic rings. The largest absolute Gasteiger partial charge is 0.497 e. The molecule has 4 aromatic heterocycles. The zero-order valence-electron chi connectivity index (χ0n) is 33.9. The van der Waals surface area contributed by atoms with E-state index in [4.69, 9.17) is 9.47 Å². The number of benzene rings is 3. The minimum Gasteiger partial charge on any atom is -0.497 e. The Morgan fingerprint density at radius 2 is 1.59 bits per heavy atom. The predicted molar refractivity (Wildman–Crippen MR) is 233 cm³/mol. The van der Waals surface area contributed by atoms with E-state index < -0.39 is 28.4 Å². The number of fused-ring (bicyclic) bond motifs is 1. The summed E-state index contributed by atoms with van der Waals surface area (Å²) in [5.74, 6) is 0.788. The first-order chi connectivity index (χ1) is 29.4. The Hall–Kier alpha value is -7.67. The van der Waals surface area contributed by atoms with E-state index in [0.717, 1.165) is 14.0 Å². The third-order valence-electron chi connectivity index (χ3n) is 9.94. The molecule has 0 spiro atoms. The van der Waals surface area contributed by atoms with Crippen molar-refractivity contribution in [2.45, 2.75) is 19.6 Å².